The molecule has 8 aromatic carbocycles. The Labute approximate surface area is 332 Å². The first-order valence-corrected chi connectivity index (χ1v) is 18.9. The van der Waals surface area contributed by atoms with Crippen LogP contribution in [0.2, 0.25) is 0 Å². The van der Waals surface area contributed by atoms with Gasteiger partial charge in [-0.1, -0.05) is 151 Å². The maximum atomic E-state index is 9.66. The summed E-state index contributed by atoms with van der Waals surface area (Å²) in [4.78, 5) is 14.9. The molecule has 0 aliphatic heterocycles. The fourth-order valence-electron chi connectivity index (χ4n) is 7.05. The van der Waals surface area contributed by atoms with Crippen molar-refractivity contribution in [1.82, 2.24) is 15.0 Å². The lowest BCUT2D eigenvalue weighted by Gasteiger charge is -2.10. The first-order valence-electron chi connectivity index (χ1n) is 21.8. The van der Waals surface area contributed by atoms with Crippen LogP contribution in [0.25, 0.3) is 108 Å². The molecule has 3 aromatic heterocycles. The van der Waals surface area contributed by atoms with Gasteiger partial charge in [0.1, 0.15) is 0 Å². The molecule has 0 unspecified atom stereocenters. The highest BCUT2D eigenvalue weighted by atomic mass is 32.1. The molecule has 0 spiro atoms. The number of hydrogen-bond donors (Lipinski definition) is 0. The van der Waals surface area contributed by atoms with Crippen LogP contribution in [0, 0.1) is 0 Å². The topological polar surface area (TPSA) is 38.7 Å². The van der Waals surface area contributed by atoms with Gasteiger partial charge >= 0.3 is 0 Å². The number of nitrogens with zero attached hydrogens (tertiary/aromatic N) is 3. The monoisotopic (exact) mass is 732 g/mol. The Bertz CT molecular complexity index is 3740. The van der Waals surface area contributed by atoms with Gasteiger partial charge in [-0.25, -0.2) is 15.0 Å². The molecule has 3 nitrogen and oxygen atoms in total. The second-order valence-corrected chi connectivity index (χ2v) is 15.0. The minimum absolute atomic E-state index is 0.00447. The zero-order chi connectivity index (χ0) is 43.4. The van der Waals surface area contributed by atoms with Crippen LogP contribution in [0.3, 0.4) is 0 Å². The van der Waals surface area contributed by atoms with E-state index in [1.807, 2.05) is 84.9 Å². The smallest absolute Gasteiger partial charge is 0.164 e. The van der Waals surface area contributed by atoms with Crippen molar-refractivity contribution in [1.29, 1.82) is 0 Å². The highest BCUT2D eigenvalue weighted by Gasteiger charge is 2.17. The molecular weight excluding hydrogens is 695 g/mol. The van der Waals surface area contributed by atoms with Gasteiger partial charge in [0, 0.05) is 57.0 Å². The average molecular weight is 733 g/mol. The van der Waals surface area contributed by atoms with Crippen molar-refractivity contribution in [3.8, 4) is 56.4 Å². The minimum Gasteiger partial charge on any atom is -0.208 e. The molecule has 0 saturated carbocycles. The van der Waals surface area contributed by atoms with Crippen molar-refractivity contribution >= 4 is 73.8 Å². The summed E-state index contributed by atoms with van der Waals surface area (Å²) in [6, 6.07) is 37.0. The molecule has 0 aliphatic carbocycles. The molecule has 0 atom stereocenters. The van der Waals surface area contributed by atoms with Crippen LogP contribution in [0.5, 0.6) is 0 Å². The lowest BCUT2D eigenvalue weighted by molar-refractivity contribution is 1.08. The van der Waals surface area contributed by atoms with Gasteiger partial charge in [-0.05, 0) is 57.3 Å². The second kappa shape index (κ2) is 12.6. The van der Waals surface area contributed by atoms with E-state index >= 15 is 0 Å². The zero-order valence-electron chi connectivity index (χ0n) is 37.2. The number of thiophene rings is 2. The SMILES string of the molecule is [2H]c1c([2H])c([2H])c2c(c1[2H])c([2H])c([2H])c1c2sc2c([2H])c(-c3nc(-c4cccc(-c5ccccc5)c4)nc(-c4ccc5c(c4)sc4cccc(-c6ccccc6)c45)n3)c([2H])c([2H])c21. The molecule has 252 valence electrons. The van der Waals surface area contributed by atoms with Gasteiger partial charge in [-0.3, -0.25) is 0 Å². The summed E-state index contributed by atoms with van der Waals surface area (Å²) in [5.41, 5.74) is 5.52. The number of hydrogen-bond acceptors (Lipinski definition) is 5. The van der Waals surface area contributed by atoms with E-state index in [2.05, 4.69) is 36.4 Å². The minimum atomic E-state index is -0.516. The molecule has 11 aromatic rings. The summed E-state index contributed by atoms with van der Waals surface area (Å²) in [5, 5.41) is 2.36. The van der Waals surface area contributed by atoms with Gasteiger partial charge < -0.3 is 0 Å². The maximum absolute atomic E-state index is 9.66. The Kier molecular flexibility index (Phi) is 5.40. The highest BCUT2D eigenvalue weighted by molar-refractivity contribution is 7.27. The predicted octanol–water partition coefficient (Wildman–Crippen LogP) is 14.1. The van der Waals surface area contributed by atoms with Gasteiger partial charge in [-0.15, -0.1) is 22.7 Å². The van der Waals surface area contributed by atoms with E-state index in [0.717, 1.165) is 53.8 Å². The zero-order valence-corrected chi connectivity index (χ0v) is 29.8. The predicted molar refractivity (Wildman–Crippen MR) is 230 cm³/mol. The third-order valence-electron chi connectivity index (χ3n) is 9.61. The van der Waals surface area contributed by atoms with Crippen molar-refractivity contribution in [2.24, 2.45) is 0 Å². The first-order chi connectivity index (χ1) is 30.5. The summed E-state index contributed by atoms with van der Waals surface area (Å²) < 4.78 is 83.0. The summed E-state index contributed by atoms with van der Waals surface area (Å²) in [5.74, 6) is 0.607. The van der Waals surface area contributed by atoms with Crippen LogP contribution in [0.1, 0.15) is 12.3 Å². The molecule has 54 heavy (non-hydrogen) atoms. The molecule has 5 heteroatoms. The fraction of sp³-hybridized carbons (Fsp3) is 0. The molecule has 0 N–H and O–H groups in total. The molecule has 0 radical (unpaired) electrons. The fourth-order valence-corrected chi connectivity index (χ4v) is 9.35. The largest absolute Gasteiger partial charge is 0.208 e. The standard InChI is InChI=1S/C49H29N3S2/c1-3-11-30(12-4-1)33-16-9-17-34(27-33)47-50-48(35-22-24-39-40-25-21-32-15-7-8-18-38(32)46(40)54-43(39)28-35)52-49(51-47)36-23-26-41-44(29-36)53-42-20-10-19-37(45(41)42)31-13-5-2-6-14-31/h1-29H/i7D,8D,15D,18D,21D,22D,24D,25D,28D. The molecule has 0 aliphatic rings. The quantitative estimate of drug-likeness (QED) is 0.177. The van der Waals surface area contributed by atoms with E-state index in [0.29, 0.717) is 22.8 Å². The van der Waals surface area contributed by atoms with Crippen LogP contribution in [-0.4, -0.2) is 15.0 Å². The summed E-state index contributed by atoms with van der Waals surface area (Å²) >= 11 is 2.67. The lowest BCUT2D eigenvalue weighted by atomic mass is 9.99. The van der Waals surface area contributed by atoms with E-state index in [-0.39, 0.29) is 72.5 Å². The Hall–Kier alpha value is -6.53. The highest BCUT2D eigenvalue weighted by Crippen LogP contribution is 2.42. The Balaban J connectivity index is 1.16. The van der Waals surface area contributed by atoms with Crippen molar-refractivity contribution in [2.45, 2.75) is 0 Å². The Morgan fingerprint density at radius 1 is 0.407 bits per heavy atom. The Morgan fingerprint density at radius 2 is 1.09 bits per heavy atom. The maximum Gasteiger partial charge on any atom is 0.164 e. The molecule has 0 fully saturated rings. The van der Waals surface area contributed by atoms with E-state index in [1.54, 1.807) is 11.3 Å². The summed E-state index contributed by atoms with van der Waals surface area (Å²) in [6.45, 7) is 0. The van der Waals surface area contributed by atoms with Crippen LogP contribution < -0.4 is 0 Å². The van der Waals surface area contributed by atoms with Crippen molar-refractivity contribution in [3.05, 3.63) is 176 Å². The van der Waals surface area contributed by atoms with E-state index in [4.69, 9.17) is 23.2 Å². The Morgan fingerprint density at radius 3 is 1.93 bits per heavy atom. The van der Waals surface area contributed by atoms with Crippen LogP contribution >= 0.6 is 22.7 Å². The van der Waals surface area contributed by atoms with Gasteiger partial charge in [0.2, 0.25) is 0 Å². The van der Waals surface area contributed by atoms with Gasteiger partial charge in [-0.2, -0.15) is 0 Å². The van der Waals surface area contributed by atoms with Gasteiger partial charge in [0.25, 0.3) is 0 Å². The average Bonchev–Trinajstić information content (AvgIpc) is 3.91. The lowest BCUT2D eigenvalue weighted by Crippen LogP contribution is -2.00. The number of benzene rings is 8. The van der Waals surface area contributed by atoms with Gasteiger partial charge in [0.15, 0.2) is 17.5 Å². The van der Waals surface area contributed by atoms with E-state index < -0.39 is 24.2 Å². The number of fused-ring (bicyclic) bond motifs is 8. The van der Waals surface area contributed by atoms with Crippen LogP contribution in [-0.2, 0) is 0 Å². The molecule has 3 heterocycles. The normalized spacial score (nSPS) is 14.0. The molecular formula is C49H29N3S2. The van der Waals surface area contributed by atoms with E-state index in [1.165, 1.54) is 0 Å². The summed E-state index contributed by atoms with van der Waals surface area (Å²) in [6.07, 6.45) is 0. The molecule has 0 bridgehead atoms. The van der Waals surface area contributed by atoms with Crippen molar-refractivity contribution in [2.75, 3.05) is 0 Å². The van der Waals surface area contributed by atoms with Crippen LogP contribution in [0.4, 0.5) is 0 Å². The van der Waals surface area contributed by atoms with Crippen LogP contribution in [0.15, 0.2) is 176 Å². The molecule has 0 saturated heterocycles. The third kappa shape index (κ3) is 5.20. The third-order valence-corrected chi connectivity index (χ3v) is 11.9. The molecule has 11 rings (SSSR count). The van der Waals surface area contributed by atoms with Gasteiger partial charge in [0.05, 0.1) is 12.3 Å². The number of aromatic nitrogens is 3. The first kappa shape index (κ1) is 23.2. The van der Waals surface area contributed by atoms with E-state index in [9.17, 15) is 4.11 Å². The number of rotatable bonds is 5. The molecule has 0 amide bonds. The second-order valence-electron chi connectivity index (χ2n) is 12.9. The summed E-state index contributed by atoms with van der Waals surface area (Å²) in [7, 11) is 0. The van der Waals surface area contributed by atoms with Crippen molar-refractivity contribution in [3.63, 3.8) is 0 Å². The van der Waals surface area contributed by atoms with Crippen molar-refractivity contribution < 1.29 is 12.3 Å².